The zero-order chi connectivity index (χ0) is 30.2. The number of likely N-dealkylation sites (N-methyl/N-ethyl adjacent to an activating group) is 1. The molecule has 2 aliphatic heterocycles. The van der Waals surface area contributed by atoms with Crippen LogP contribution in [-0.2, 0) is 10.0 Å². The Morgan fingerprint density at radius 3 is 2.23 bits per heavy atom. The van der Waals surface area contributed by atoms with Crippen LogP contribution in [0.1, 0.15) is 42.3 Å². The zero-order valence-corrected chi connectivity index (χ0v) is 28.5. The van der Waals surface area contributed by atoms with Gasteiger partial charge in [-0.05, 0) is 63.9 Å². The molecule has 1 N–H and O–H groups in total. The van der Waals surface area contributed by atoms with Crippen molar-refractivity contribution in [3.8, 4) is 17.1 Å². The van der Waals surface area contributed by atoms with E-state index in [1.807, 2.05) is 32.0 Å². The first-order valence-electron chi connectivity index (χ1n) is 14.3. The first-order chi connectivity index (χ1) is 19.8. The number of fused-ring (bicyclic) bond motifs is 4. The van der Waals surface area contributed by atoms with E-state index in [0.29, 0.717) is 18.8 Å². The largest absolute Gasteiger partial charge is 0.471 e. The molecule has 2 aromatic carbocycles. The van der Waals surface area contributed by atoms with E-state index in [1.165, 1.54) is 12.1 Å². The van der Waals surface area contributed by atoms with E-state index in [-0.39, 0.29) is 58.5 Å². The zero-order valence-electron chi connectivity index (χ0n) is 26.0. The number of rotatable bonds is 3. The molecule has 0 aliphatic carbocycles. The quantitative estimate of drug-likeness (QED) is 0.431. The minimum absolute atomic E-state index is 0. The van der Waals surface area contributed by atoms with Crippen LogP contribution in [0.4, 0.5) is 5.95 Å². The number of sulfonamides is 1. The number of anilines is 1. The molecule has 1 atom stereocenters. The molecular formula is C31H42Cl2N6O4S. The van der Waals surface area contributed by atoms with Gasteiger partial charge in [-0.15, -0.1) is 24.8 Å². The van der Waals surface area contributed by atoms with Crippen molar-refractivity contribution in [2.75, 3.05) is 51.0 Å². The maximum atomic E-state index is 13.4. The van der Waals surface area contributed by atoms with Crippen molar-refractivity contribution in [2.24, 2.45) is 0 Å². The number of piperazine rings is 1. The summed E-state index contributed by atoms with van der Waals surface area (Å²) < 4.78 is 35.8. The lowest BCUT2D eigenvalue weighted by molar-refractivity contribution is 0.0327. The second-order valence-corrected chi connectivity index (χ2v) is 13.9. The smallest absolute Gasteiger partial charge is 0.264 e. The Morgan fingerprint density at radius 1 is 0.955 bits per heavy atom. The molecule has 3 heterocycles. The highest BCUT2D eigenvalue weighted by Gasteiger charge is 2.29. The maximum Gasteiger partial charge on any atom is 0.264 e. The molecule has 1 amide bonds. The molecule has 0 spiro atoms. The van der Waals surface area contributed by atoms with Gasteiger partial charge in [0, 0.05) is 62.5 Å². The number of carbonyl (C=O) groups excluding carboxylic acids is 1. The van der Waals surface area contributed by atoms with E-state index in [1.54, 1.807) is 30.1 Å². The van der Waals surface area contributed by atoms with Gasteiger partial charge in [-0.1, -0.05) is 24.3 Å². The van der Waals surface area contributed by atoms with E-state index in [4.69, 9.17) is 4.74 Å². The van der Waals surface area contributed by atoms with E-state index in [0.717, 1.165) is 42.9 Å². The van der Waals surface area contributed by atoms with Crippen molar-refractivity contribution < 1.29 is 17.9 Å². The van der Waals surface area contributed by atoms with Crippen LogP contribution in [0.15, 0.2) is 53.4 Å². The molecule has 0 radical (unpaired) electrons. The molecule has 3 aromatic rings. The number of hydrogen-bond acceptors (Lipinski definition) is 8. The molecule has 1 fully saturated rings. The molecule has 10 nitrogen and oxygen atoms in total. The Balaban J connectivity index is 0.00000264. The lowest BCUT2D eigenvalue weighted by Gasteiger charge is -2.43. The SMILES string of the molecule is Cc1cccc(C)c1-c1cc2nc(n1)NS(=O)(=O)c1cccc(c1)C(=O)N(C)CC(CN1CCN(C(C)(C)C)CC1)O2.Cl.Cl. The topological polar surface area (TPSA) is 108 Å². The van der Waals surface area contributed by atoms with Crippen LogP contribution in [0.3, 0.4) is 0 Å². The molecule has 1 aromatic heterocycles. The number of halogens is 2. The number of benzene rings is 2. The summed E-state index contributed by atoms with van der Waals surface area (Å²) in [6.07, 6.45) is -0.422. The molecule has 1 saturated heterocycles. The minimum atomic E-state index is -4.09. The summed E-state index contributed by atoms with van der Waals surface area (Å²) >= 11 is 0. The first-order valence-corrected chi connectivity index (χ1v) is 15.8. The predicted octanol–water partition coefficient (Wildman–Crippen LogP) is 4.65. The van der Waals surface area contributed by atoms with Gasteiger partial charge < -0.3 is 9.64 Å². The highest BCUT2D eigenvalue weighted by Crippen LogP contribution is 2.30. The summed E-state index contributed by atoms with van der Waals surface area (Å²) in [5, 5.41) is 0. The monoisotopic (exact) mass is 664 g/mol. The second kappa shape index (κ2) is 14.0. The molecule has 0 saturated carbocycles. The number of nitrogens with one attached hydrogen (secondary N) is 1. The van der Waals surface area contributed by atoms with Gasteiger partial charge >= 0.3 is 0 Å². The van der Waals surface area contributed by atoms with E-state index >= 15 is 0 Å². The van der Waals surface area contributed by atoms with Gasteiger partial charge in [0.2, 0.25) is 11.8 Å². The van der Waals surface area contributed by atoms with E-state index in [2.05, 4.69) is 45.3 Å². The number of aromatic nitrogens is 2. The number of carbonyl (C=O) groups is 1. The highest BCUT2D eigenvalue weighted by atomic mass is 35.5. The standard InChI is InChI=1S/C31H40N6O4S.2ClH/c1-21-9-7-10-22(2)28(21)26-18-27-33-30(32-26)34-42(39,40)25-12-8-11-23(17-25)29(38)35(6)19-24(41-27)20-36-13-15-37(16-14-36)31(3,4)5;;/h7-12,17-18,24H,13-16,19-20H2,1-6H3,(H,32,33,34);2*1H. The Kier molecular flexibility index (Phi) is 11.3. The third kappa shape index (κ3) is 8.00. The van der Waals surface area contributed by atoms with Crippen LogP contribution in [-0.4, -0.2) is 97.0 Å². The number of hydrogen-bond donors (Lipinski definition) is 1. The number of ether oxygens (including phenoxy) is 1. The van der Waals surface area contributed by atoms with Crippen LogP contribution in [0.5, 0.6) is 5.88 Å². The summed E-state index contributed by atoms with van der Waals surface area (Å²) in [5.74, 6) is -0.135. The molecule has 13 heteroatoms. The van der Waals surface area contributed by atoms with Crippen molar-refractivity contribution in [1.82, 2.24) is 24.7 Å². The van der Waals surface area contributed by atoms with Gasteiger partial charge in [0.25, 0.3) is 15.9 Å². The predicted molar refractivity (Wildman–Crippen MR) is 178 cm³/mol. The average molecular weight is 666 g/mol. The summed E-state index contributed by atoms with van der Waals surface area (Å²) in [7, 11) is -2.38. The van der Waals surface area contributed by atoms with Crippen molar-refractivity contribution in [3.05, 3.63) is 65.2 Å². The fourth-order valence-corrected chi connectivity index (χ4v) is 6.64. The summed E-state index contributed by atoms with van der Waals surface area (Å²) in [5.41, 5.74) is 3.82. The molecule has 2 aliphatic rings. The first kappa shape index (κ1) is 35.5. The van der Waals surface area contributed by atoms with Crippen LogP contribution in [0, 0.1) is 13.8 Å². The van der Waals surface area contributed by atoms with Crippen LogP contribution in [0.25, 0.3) is 11.3 Å². The lowest BCUT2D eigenvalue weighted by Crippen LogP contribution is -2.55. The maximum absolute atomic E-state index is 13.4. The minimum Gasteiger partial charge on any atom is -0.471 e. The molecule has 5 rings (SSSR count). The Hall–Kier alpha value is -2.96. The van der Waals surface area contributed by atoms with E-state index in [9.17, 15) is 13.2 Å². The van der Waals surface area contributed by atoms with Crippen molar-refractivity contribution in [1.29, 1.82) is 0 Å². The van der Waals surface area contributed by atoms with Crippen molar-refractivity contribution in [2.45, 2.75) is 51.2 Å². The second-order valence-electron chi connectivity index (χ2n) is 12.2. The van der Waals surface area contributed by atoms with Gasteiger partial charge in [-0.3, -0.25) is 14.6 Å². The molecule has 4 bridgehead atoms. The fraction of sp³-hybridized carbons (Fsp3) is 0.452. The Labute approximate surface area is 273 Å². The summed E-state index contributed by atoms with van der Waals surface area (Å²) in [6, 6.07) is 13.7. The van der Waals surface area contributed by atoms with Crippen molar-refractivity contribution in [3.63, 3.8) is 0 Å². The van der Waals surface area contributed by atoms with Gasteiger partial charge in [-0.25, -0.2) is 18.1 Å². The number of nitrogens with zero attached hydrogens (tertiary/aromatic N) is 5. The highest BCUT2D eigenvalue weighted by molar-refractivity contribution is 7.92. The summed E-state index contributed by atoms with van der Waals surface area (Å²) in [4.78, 5) is 28.9. The molecule has 44 heavy (non-hydrogen) atoms. The van der Waals surface area contributed by atoms with Crippen LogP contribution >= 0.6 is 24.8 Å². The fourth-order valence-electron chi connectivity index (χ4n) is 5.65. The summed E-state index contributed by atoms with van der Waals surface area (Å²) in [6.45, 7) is 15.2. The third-order valence-electron chi connectivity index (χ3n) is 7.95. The molecular weight excluding hydrogens is 623 g/mol. The molecule has 240 valence electrons. The van der Waals surface area contributed by atoms with Crippen molar-refractivity contribution >= 4 is 46.7 Å². The molecule has 1 unspecified atom stereocenters. The average Bonchev–Trinajstić information content (AvgIpc) is 2.92. The number of aryl methyl sites for hydroxylation is 2. The van der Waals surface area contributed by atoms with Gasteiger partial charge in [0.05, 0.1) is 17.1 Å². The lowest BCUT2D eigenvalue weighted by atomic mass is 10.00. The Bertz CT molecular complexity index is 1570. The van der Waals surface area contributed by atoms with Crippen LogP contribution < -0.4 is 9.46 Å². The van der Waals surface area contributed by atoms with Gasteiger partial charge in [0.1, 0.15) is 6.10 Å². The van der Waals surface area contributed by atoms with E-state index < -0.39 is 16.1 Å². The normalized spacial score (nSPS) is 19.2. The number of amides is 1. The Morgan fingerprint density at radius 2 is 1.59 bits per heavy atom. The van der Waals surface area contributed by atoms with Gasteiger partial charge in [-0.2, -0.15) is 4.98 Å². The van der Waals surface area contributed by atoms with Crippen LogP contribution in [0.2, 0.25) is 0 Å². The third-order valence-corrected chi connectivity index (χ3v) is 9.28. The van der Waals surface area contributed by atoms with Gasteiger partial charge in [0.15, 0.2) is 0 Å².